The Hall–Kier alpha value is -3.93. The first kappa shape index (κ1) is 27.3. The first-order valence-electron chi connectivity index (χ1n) is 11.1. The van der Waals surface area contributed by atoms with Gasteiger partial charge in [-0.05, 0) is 24.5 Å². The quantitative estimate of drug-likeness (QED) is 0.200. The van der Waals surface area contributed by atoms with Crippen molar-refractivity contribution < 1.29 is 29.1 Å². The molecular weight excluding hydrogens is 456 g/mol. The van der Waals surface area contributed by atoms with Gasteiger partial charge in [-0.1, -0.05) is 32.0 Å². The number of primary amides is 1. The number of carboxylic acids is 1. The molecule has 35 heavy (non-hydrogen) atoms. The summed E-state index contributed by atoms with van der Waals surface area (Å²) in [5.74, 6) is -4.50. The molecule has 2 aromatic rings. The van der Waals surface area contributed by atoms with Gasteiger partial charge in [0.1, 0.15) is 18.1 Å². The van der Waals surface area contributed by atoms with Crippen LogP contribution in [-0.2, 0) is 30.4 Å². The van der Waals surface area contributed by atoms with Crippen molar-refractivity contribution in [2.75, 3.05) is 0 Å². The fourth-order valence-electron chi connectivity index (χ4n) is 3.49. The van der Waals surface area contributed by atoms with Gasteiger partial charge in [0.25, 0.3) is 0 Å². The van der Waals surface area contributed by atoms with Crippen molar-refractivity contribution in [2.24, 2.45) is 17.4 Å². The highest BCUT2D eigenvalue weighted by molar-refractivity contribution is 5.95. The van der Waals surface area contributed by atoms with Crippen molar-refractivity contribution in [3.63, 3.8) is 0 Å². The molecule has 4 atom stereocenters. The third kappa shape index (κ3) is 7.54. The summed E-state index contributed by atoms with van der Waals surface area (Å²) in [6, 6.07) is 2.78. The predicted octanol–water partition coefficient (Wildman–Crippen LogP) is -0.872. The lowest BCUT2D eigenvalue weighted by Crippen LogP contribution is -2.57. The molecule has 190 valence electrons. The fraction of sp³-hybridized carbons (Fsp3) is 0.435. The van der Waals surface area contributed by atoms with Gasteiger partial charge in [0.05, 0.1) is 12.5 Å². The second-order valence-corrected chi connectivity index (χ2v) is 8.70. The smallest absolute Gasteiger partial charge is 0.326 e. The Kier molecular flexibility index (Phi) is 9.34. The molecule has 1 aromatic carbocycles. The van der Waals surface area contributed by atoms with Crippen LogP contribution in [0.3, 0.4) is 0 Å². The fourth-order valence-corrected chi connectivity index (χ4v) is 3.49. The SMILES string of the molecule is CC(C)[C@H](NC(=O)[C@H](Cc1c[nH]c2ccccc12)NC(=O)[C@H](C)NC(=O)[C@@H](N)CC(N)=O)C(=O)O. The molecule has 0 aliphatic carbocycles. The number of fused-ring (bicyclic) bond motifs is 1. The summed E-state index contributed by atoms with van der Waals surface area (Å²) in [6.45, 7) is 4.69. The number of rotatable bonds is 12. The van der Waals surface area contributed by atoms with Crippen LogP contribution in [-0.4, -0.2) is 63.9 Å². The number of carbonyl (C=O) groups excluding carboxylic acids is 4. The molecule has 2 rings (SSSR count). The minimum atomic E-state index is -1.23. The minimum absolute atomic E-state index is 0.0634. The molecule has 12 heteroatoms. The van der Waals surface area contributed by atoms with E-state index < -0.39 is 66.1 Å². The lowest BCUT2D eigenvalue weighted by Gasteiger charge is -2.25. The first-order chi connectivity index (χ1) is 16.4. The van der Waals surface area contributed by atoms with Crippen LogP contribution in [0.5, 0.6) is 0 Å². The lowest BCUT2D eigenvalue weighted by atomic mass is 10.0. The molecule has 0 unspecified atom stereocenters. The summed E-state index contributed by atoms with van der Waals surface area (Å²) in [7, 11) is 0. The topological polar surface area (TPSA) is 210 Å². The minimum Gasteiger partial charge on any atom is -0.480 e. The molecule has 0 spiro atoms. The second kappa shape index (κ2) is 12.0. The Morgan fingerprint density at radius 1 is 0.971 bits per heavy atom. The Morgan fingerprint density at radius 2 is 1.63 bits per heavy atom. The molecule has 9 N–H and O–H groups in total. The number of para-hydroxylation sites is 1. The van der Waals surface area contributed by atoms with Gasteiger partial charge in [0, 0.05) is 23.5 Å². The van der Waals surface area contributed by atoms with Crippen LogP contribution in [0.15, 0.2) is 30.5 Å². The van der Waals surface area contributed by atoms with Gasteiger partial charge < -0.3 is 37.5 Å². The van der Waals surface area contributed by atoms with E-state index in [9.17, 15) is 29.1 Å². The Bertz CT molecular complexity index is 1100. The van der Waals surface area contributed by atoms with Crippen LogP contribution >= 0.6 is 0 Å². The van der Waals surface area contributed by atoms with E-state index in [1.807, 2.05) is 24.3 Å². The number of carboxylic acid groups (broad SMARTS) is 1. The third-order valence-electron chi connectivity index (χ3n) is 5.47. The molecule has 1 aromatic heterocycles. The summed E-state index contributed by atoms with van der Waals surface area (Å²) in [6.07, 6.45) is 1.38. The Labute approximate surface area is 202 Å². The van der Waals surface area contributed by atoms with E-state index in [2.05, 4.69) is 20.9 Å². The zero-order valence-electron chi connectivity index (χ0n) is 19.8. The average Bonchev–Trinajstić information content (AvgIpc) is 3.18. The van der Waals surface area contributed by atoms with Crippen molar-refractivity contribution in [1.29, 1.82) is 0 Å². The predicted molar refractivity (Wildman–Crippen MR) is 128 cm³/mol. The Balaban J connectivity index is 2.21. The van der Waals surface area contributed by atoms with Gasteiger partial charge in [-0.2, -0.15) is 0 Å². The van der Waals surface area contributed by atoms with E-state index in [1.165, 1.54) is 6.92 Å². The zero-order chi connectivity index (χ0) is 26.3. The third-order valence-corrected chi connectivity index (χ3v) is 5.47. The average molecular weight is 489 g/mol. The van der Waals surface area contributed by atoms with Gasteiger partial charge in [-0.15, -0.1) is 0 Å². The van der Waals surface area contributed by atoms with Crippen molar-refractivity contribution in [2.45, 2.75) is 57.8 Å². The van der Waals surface area contributed by atoms with Crippen LogP contribution in [0.25, 0.3) is 10.9 Å². The lowest BCUT2D eigenvalue weighted by molar-refractivity contribution is -0.143. The molecule has 0 radical (unpaired) electrons. The number of nitrogens with one attached hydrogen (secondary N) is 4. The van der Waals surface area contributed by atoms with Gasteiger partial charge >= 0.3 is 5.97 Å². The van der Waals surface area contributed by atoms with Gasteiger partial charge in [0.15, 0.2) is 0 Å². The summed E-state index contributed by atoms with van der Waals surface area (Å²) in [5, 5.41) is 17.7. The highest BCUT2D eigenvalue weighted by Gasteiger charge is 2.31. The molecule has 0 saturated heterocycles. The van der Waals surface area contributed by atoms with Crippen LogP contribution in [0.2, 0.25) is 0 Å². The number of hydrogen-bond acceptors (Lipinski definition) is 6. The molecule has 0 bridgehead atoms. The van der Waals surface area contributed by atoms with Crippen molar-refractivity contribution in [1.82, 2.24) is 20.9 Å². The van der Waals surface area contributed by atoms with E-state index in [0.29, 0.717) is 0 Å². The molecule has 12 nitrogen and oxygen atoms in total. The first-order valence-corrected chi connectivity index (χ1v) is 11.1. The van der Waals surface area contributed by atoms with E-state index in [0.717, 1.165) is 16.5 Å². The zero-order valence-corrected chi connectivity index (χ0v) is 19.8. The highest BCUT2D eigenvalue weighted by atomic mass is 16.4. The van der Waals surface area contributed by atoms with E-state index >= 15 is 0 Å². The summed E-state index contributed by atoms with van der Waals surface area (Å²) in [5.41, 5.74) is 12.2. The number of aromatic nitrogens is 1. The number of hydrogen-bond donors (Lipinski definition) is 7. The molecule has 0 saturated carbocycles. The van der Waals surface area contributed by atoms with Gasteiger partial charge in [0.2, 0.25) is 23.6 Å². The molecule has 0 aliphatic heterocycles. The number of nitrogens with two attached hydrogens (primary N) is 2. The summed E-state index contributed by atoms with van der Waals surface area (Å²) < 4.78 is 0. The largest absolute Gasteiger partial charge is 0.480 e. The molecular formula is C23H32N6O6. The van der Waals surface area contributed by atoms with Crippen LogP contribution in [0.1, 0.15) is 32.8 Å². The maximum atomic E-state index is 13.1. The molecule has 1 heterocycles. The molecule has 0 aliphatic rings. The summed E-state index contributed by atoms with van der Waals surface area (Å²) in [4.78, 5) is 63.7. The number of aliphatic carboxylic acids is 1. The number of amides is 4. The normalized spacial score (nSPS) is 14.5. The number of benzene rings is 1. The van der Waals surface area contributed by atoms with E-state index in [4.69, 9.17) is 11.5 Å². The highest BCUT2D eigenvalue weighted by Crippen LogP contribution is 2.19. The van der Waals surface area contributed by atoms with Crippen LogP contribution in [0, 0.1) is 5.92 Å². The standard InChI is InChI=1S/C23H32N6O6/c1-11(2)19(23(34)35)29-22(33)17(8-13-10-26-16-7-5-4-6-14(13)16)28-20(31)12(3)27-21(32)15(24)9-18(25)30/h4-7,10-12,15,17,19,26H,8-9,24H2,1-3H3,(H2,25,30)(H,27,32)(H,28,31)(H,29,33)(H,34,35)/t12-,15-,17-,19-/m0/s1. The number of aromatic amines is 1. The summed E-state index contributed by atoms with van der Waals surface area (Å²) >= 11 is 0. The maximum absolute atomic E-state index is 13.1. The maximum Gasteiger partial charge on any atom is 0.326 e. The van der Waals surface area contributed by atoms with Crippen LogP contribution in [0.4, 0.5) is 0 Å². The van der Waals surface area contributed by atoms with Crippen molar-refractivity contribution in [3.05, 3.63) is 36.0 Å². The van der Waals surface area contributed by atoms with E-state index in [1.54, 1.807) is 20.0 Å². The molecule has 4 amide bonds. The van der Waals surface area contributed by atoms with Crippen molar-refractivity contribution >= 4 is 40.5 Å². The van der Waals surface area contributed by atoms with E-state index in [-0.39, 0.29) is 6.42 Å². The number of carbonyl (C=O) groups is 5. The Morgan fingerprint density at radius 3 is 2.23 bits per heavy atom. The van der Waals surface area contributed by atoms with Gasteiger partial charge in [-0.3, -0.25) is 19.2 Å². The molecule has 0 fully saturated rings. The van der Waals surface area contributed by atoms with Crippen molar-refractivity contribution in [3.8, 4) is 0 Å². The number of H-pyrrole nitrogens is 1. The monoisotopic (exact) mass is 488 g/mol. The second-order valence-electron chi connectivity index (χ2n) is 8.70. The van der Waals surface area contributed by atoms with Gasteiger partial charge in [-0.25, -0.2) is 4.79 Å². The van der Waals surface area contributed by atoms with Crippen LogP contribution < -0.4 is 27.4 Å².